The van der Waals surface area contributed by atoms with Crippen molar-refractivity contribution in [3.63, 3.8) is 0 Å². The van der Waals surface area contributed by atoms with E-state index >= 15 is 0 Å². The average Bonchev–Trinajstić information content (AvgIpc) is 2.11. The van der Waals surface area contributed by atoms with Crippen LogP contribution in [-0.2, 0) is 5.41 Å². The number of nitrogens with one attached hydrogen (secondary N) is 1. The predicted octanol–water partition coefficient (Wildman–Crippen LogP) is 3.69. The molecule has 0 radical (unpaired) electrons. The summed E-state index contributed by atoms with van der Waals surface area (Å²) in [5.41, 5.74) is 3.05. The SMILES string of the molecule is CSNc1cc(C(C)(C)C)cc(C)c1O. The minimum atomic E-state index is 0.104. The van der Waals surface area contributed by atoms with Gasteiger partial charge in [0.15, 0.2) is 0 Å². The van der Waals surface area contributed by atoms with Gasteiger partial charge in [-0.1, -0.05) is 38.8 Å². The third kappa shape index (κ3) is 2.81. The second-order valence-electron chi connectivity index (χ2n) is 4.75. The van der Waals surface area contributed by atoms with E-state index in [0.29, 0.717) is 5.75 Å². The average molecular weight is 225 g/mol. The number of anilines is 1. The highest BCUT2D eigenvalue weighted by molar-refractivity contribution is 7.99. The quantitative estimate of drug-likeness (QED) is 0.595. The van der Waals surface area contributed by atoms with Gasteiger partial charge in [0.1, 0.15) is 5.75 Å². The molecular weight excluding hydrogens is 206 g/mol. The molecule has 0 fully saturated rings. The van der Waals surface area contributed by atoms with Gasteiger partial charge in [0.25, 0.3) is 0 Å². The molecule has 0 saturated heterocycles. The van der Waals surface area contributed by atoms with E-state index in [1.54, 1.807) is 0 Å². The van der Waals surface area contributed by atoms with Crippen LogP contribution >= 0.6 is 11.9 Å². The summed E-state index contributed by atoms with van der Waals surface area (Å²) in [6, 6.07) is 4.06. The number of phenols is 1. The van der Waals surface area contributed by atoms with Crippen LogP contribution in [0.3, 0.4) is 0 Å². The fraction of sp³-hybridized carbons (Fsp3) is 0.500. The highest BCUT2D eigenvalue weighted by atomic mass is 32.2. The Hall–Kier alpha value is -0.830. The first-order valence-corrected chi connectivity index (χ1v) is 6.22. The smallest absolute Gasteiger partial charge is 0.142 e. The highest BCUT2D eigenvalue weighted by Crippen LogP contribution is 2.34. The third-order valence-electron chi connectivity index (χ3n) is 2.38. The zero-order valence-electron chi connectivity index (χ0n) is 10.0. The molecule has 2 N–H and O–H groups in total. The van der Waals surface area contributed by atoms with Crippen molar-refractivity contribution in [1.82, 2.24) is 0 Å². The fourth-order valence-corrected chi connectivity index (χ4v) is 1.78. The van der Waals surface area contributed by atoms with E-state index in [1.165, 1.54) is 17.5 Å². The van der Waals surface area contributed by atoms with Gasteiger partial charge in [0.05, 0.1) is 5.69 Å². The maximum Gasteiger partial charge on any atom is 0.142 e. The molecule has 1 aromatic rings. The number of benzene rings is 1. The number of hydrogen-bond donors (Lipinski definition) is 2. The first-order valence-electron chi connectivity index (χ1n) is 4.99. The van der Waals surface area contributed by atoms with Crippen LogP contribution in [0.25, 0.3) is 0 Å². The van der Waals surface area contributed by atoms with Crippen molar-refractivity contribution in [2.24, 2.45) is 0 Å². The first-order chi connectivity index (χ1) is 6.86. The first kappa shape index (κ1) is 12.2. The molecule has 3 heteroatoms. The predicted molar refractivity (Wildman–Crippen MR) is 68.7 cm³/mol. The maximum atomic E-state index is 9.84. The molecule has 0 amide bonds. The molecular formula is C12H19NOS. The standard InChI is InChI=1S/C12H19NOS/c1-8-6-9(12(2,3)4)7-10(11(8)14)13-15-5/h6-7,13-14H,1-5H3. The number of phenolic OH excluding ortho intramolecular Hbond substituents is 1. The van der Waals surface area contributed by atoms with Crippen molar-refractivity contribution >= 4 is 17.6 Å². The van der Waals surface area contributed by atoms with E-state index in [0.717, 1.165) is 11.3 Å². The Labute approximate surface area is 96.2 Å². The van der Waals surface area contributed by atoms with Crippen molar-refractivity contribution in [2.75, 3.05) is 11.0 Å². The van der Waals surface area contributed by atoms with Gasteiger partial charge in [-0.3, -0.25) is 0 Å². The second kappa shape index (κ2) is 4.35. The van der Waals surface area contributed by atoms with Crippen molar-refractivity contribution < 1.29 is 5.11 Å². The normalized spacial score (nSPS) is 11.5. The zero-order valence-corrected chi connectivity index (χ0v) is 10.8. The molecule has 0 atom stereocenters. The molecule has 15 heavy (non-hydrogen) atoms. The lowest BCUT2D eigenvalue weighted by Gasteiger charge is -2.21. The summed E-state index contributed by atoms with van der Waals surface area (Å²) >= 11 is 1.49. The van der Waals surface area contributed by atoms with Crippen LogP contribution in [0, 0.1) is 6.92 Å². The van der Waals surface area contributed by atoms with Crippen LogP contribution in [0.15, 0.2) is 12.1 Å². The van der Waals surface area contributed by atoms with Crippen LogP contribution in [-0.4, -0.2) is 11.4 Å². The van der Waals surface area contributed by atoms with Crippen molar-refractivity contribution in [3.05, 3.63) is 23.3 Å². The summed E-state index contributed by atoms with van der Waals surface area (Å²) in [5, 5.41) is 9.84. The van der Waals surface area contributed by atoms with E-state index in [1.807, 2.05) is 25.3 Å². The molecule has 0 aliphatic carbocycles. The monoisotopic (exact) mass is 225 g/mol. The minimum Gasteiger partial charge on any atom is -0.505 e. The summed E-state index contributed by atoms with van der Waals surface area (Å²) in [5.74, 6) is 0.345. The Morgan fingerprint density at radius 2 is 1.87 bits per heavy atom. The van der Waals surface area contributed by atoms with E-state index < -0.39 is 0 Å². The zero-order chi connectivity index (χ0) is 11.6. The number of aromatic hydroxyl groups is 1. The van der Waals surface area contributed by atoms with Gasteiger partial charge in [0, 0.05) is 6.26 Å². The lowest BCUT2D eigenvalue weighted by atomic mass is 9.86. The molecule has 2 nitrogen and oxygen atoms in total. The largest absolute Gasteiger partial charge is 0.505 e. The Kier molecular flexibility index (Phi) is 3.55. The van der Waals surface area contributed by atoms with Crippen LogP contribution in [0.4, 0.5) is 5.69 Å². The van der Waals surface area contributed by atoms with Gasteiger partial charge in [-0.05, 0) is 29.5 Å². The van der Waals surface area contributed by atoms with E-state index in [4.69, 9.17) is 0 Å². The molecule has 0 aliphatic heterocycles. The van der Waals surface area contributed by atoms with Gasteiger partial charge in [0.2, 0.25) is 0 Å². The molecule has 0 aliphatic rings. The number of aryl methyl sites for hydroxylation is 1. The van der Waals surface area contributed by atoms with Gasteiger partial charge < -0.3 is 9.83 Å². The van der Waals surface area contributed by atoms with Crippen molar-refractivity contribution in [1.29, 1.82) is 0 Å². The Morgan fingerprint density at radius 1 is 1.27 bits per heavy atom. The van der Waals surface area contributed by atoms with Crippen LogP contribution in [0.1, 0.15) is 31.9 Å². The Morgan fingerprint density at radius 3 is 2.33 bits per heavy atom. The number of hydrogen-bond acceptors (Lipinski definition) is 3. The minimum absolute atomic E-state index is 0.104. The second-order valence-corrected chi connectivity index (χ2v) is 5.36. The van der Waals surface area contributed by atoms with Gasteiger partial charge in [-0.25, -0.2) is 0 Å². The summed E-state index contributed by atoms with van der Waals surface area (Å²) in [6.45, 7) is 8.43. The Bertz CT molecular complexity index is 355. The maximum absolute atomic E-state index is 9.84. The number of rotatable bonds is 2. The molecule has 0 bridgehead atoms. The van der Waals surface area contributed by atoms with Gasteiger partial charge in [-0.2, -0.15) is 0 Å². The summed E-state index contributed by atoms with van der Waals surface area (Å²) in [7, 11) is 0. The van der Waals surface area contributed by atoms with Crippen molar-refractivity contribution in [2.45, 2.75) is 33.1 Å². The lowest BCUT2D eigenvalue weighted by Crippen LogP contribution is -2.11. The van der Waals surface area contributed by atoms with Crippen LogP contribution in [0.5, 0.6) is 5.75 Å². The molecule has 0 spiro atoms. The molecule has 0 saturated carbocycles. The highest BCUT2D eigenvalue weighted by Gasteiger charge is 2.17. The van der Waals surface area contributed by atoms with Crippen LogP contribution in [0.2, 0.25) is 0 Å². The summed E-state index contributed by atoms with van der Waals surface area (Å²) in [6.07, 6.45) is 1.94. The third-order valence-corrected chi connectivity index (χ3v) is 2.80. The molecule has 0 heterocycles. The van der Waals surface area contributed by atoms with E-state index in [-0.39, 0.29) is 5.41 Å². The Balaban J connectivity index is 3.23. The van der Waals surface area contributed by atoms with Gasteiger partial charge in [-0.15, -0.1) is 0 Å². The van der Waals surface area contributed by atoms with Crippen LogP contribution < -0.4 is 4.72 Å². The molecule has 0 unspecified atom stereocenters. The van der Waals surface area contributed by atoms with E-state index in [9.17, 15) is 5.11 Å². The van der Waals surface area contributed by atoms with E-state index in [2.05, 4.69) is 25.5 Å². The molecule has 1 rings (SSSR count). The lowest BCUT2D eigenvalue weighted by molar-refractivity contribution is 0.472. The topological polar surface area (TPSA) is 32.3 Å². The van der Waals surface area contributed by atoms with Crippen molar-refractivity contribution in [3.8, 4) is 5.75 Å². The molecule has 84 valence electrons. The molecule has 0 aromatic heterocycles. The summed E-state index contributed by atoms with van der Waals surface area (Å²) < 4.78 is 3.10. The van der Waals surface area contributed by atoms with Gasteiger partial charge >= 0.3 is 0 Å². The summed E-state index contributed by atoms with van der Waals surface area (Å²) in [4.78, 5) is 0. The fourth-order valence-electron chi connectivity index (χ4n) is 1.40. The molecule has 1 aromatic carbocycles.